The van der Waals surface area contributed by atoms with E-state index in [2.05, 4.69) is 57.0 Å². The average Bonchev–Trinajstić information content (AvgIpc) is 2.15. The van der Waals surface area contributed by atoms with Crippen LogP contribution in [0.25, 0.3) is 0 Å². The Bertz CT molecular complexity index is 326. The van der Waals surface area contributed by atoms with Crippen LogP contribution in [0.5, 0.6) is 0 Å². The van der Waals surface area contributed by atoms with Crippen molar-refractivity contribution in [3.63, 3.8) is 0 Å². The molecular weight excluding hydrogens is 196 g/mol. The lowest BCUT2D eigenvalue weighted by Crippen LogP contribution is -2.28. The number of hydrogen-bond donors (Lipinski definition) is 1. The number of hydrogen-bond acceptors (Lipinski definition) is 2. The molecule has 0 fully saturated rings. The van der Waals surface area contributed by atoms with Crippen LogP contribution in [0.2, 0.25) is 0 Å². The molecule has 0 aliphatic heterocycles. The molecular formula is C14H24N2. The molecule has 0 unspecified atom stereocenters. The molecule has 0 aliphatic carbocycles. The summed E-state index contributed by atoms with van der Waals surface area (Å²) < 4.78 is 0. The van der Waals surface area contributed by atoms with Crippen molar-refractivity contribution in [1.29, 1.82) is 0 Å². The number of nitrogens with zero attached hydrogens (tertiary/aromatic N) is 1. The molecule has 2 heteroatoms. The summed E-state index contributed by atoms with van der Waals surface area (Å²) in [7, 11) is 2.17. The lowest BCUT2D eigenvalue weighted by Gasteiger charge is -2.26. The summed E-state index contributed by atoms with van der Waals surface area (Å²) in [6.07, 6.45) is 0. The van der Waals surface area contributed by atoms with Gasteiger partial charge in [-0.3, -0.25) is 0 Å². The van der Waals surface area contributed by atoms with Gasteiger partial charge in [0.25, 0.3) is 0 Å². The molecule has 0 radical (unpaired) electrons. The highest BCUT2D eigenvalue weighted by Crippen LogP contribution is 2.16. The first-order valence-corrected chi connectivity index (χ1v) is 5.87. The van der Waals surface area contributed by atoms with Crippen molar-refractivity contribution in [2.24, 2.45) is 11.1 Å². The Balaban J connectivity index is 2.59. The molecule has 0 saturated carbocycles. The van der Waals surface area contributed by atoms with Crippen molar-refractivity contribution < 1.29 is 0 Å². The maximum Gasteiger partial charge on any atom is 0.0231 e. The molecule has 2 N–H and O–H groups in total. The number of nitrogens with two attached hydrogens (primary N) is 1. The minimum atomic E-state index is 0.347. The van der Waals surface area contributed by atoms with E-state index < -0.39 is 0 Å². The molecule has 1 aromatic rings. The lowest BCUT2D eigenvalue weighted by molar-refractivity contribution is 0.221. The smallest absolute Gasteiger partial charge is 0.0231 e. The van der Waals surface area contributed by atoms with E-state index in [1.807, 2.05) is 0 Å². The summed E-state index contributed by atoms with van der Waals surface area (Å²) in [5.74, 6) is 0. The minimum Gasteiger partial charge on any atom is -0.326 e. The molecule has 16 heavy (non-hydrogen) atoms. The SMILES string of the molecule is CN(Cc1cccc(CN)c1)CC(C)(C)C. The van der Waals surface area contributed by atoms with Gasteiger partial charge in [-0.1, -0.05) is 45.0 Å². The topological polar surface area (TPSA) is 29.3 Å². The quantitative estimate of drug-likeness (QED) is 0.845. The van der Waals surface area contributed by atoms with Crippen molar-refractivity contribution in [3.8, 4) is 0 Å². The van der Waals surface area contributed by atoms with E-state index in [0.717, 1.165) is 13.1 Å². The van der Waals surface area contributed by atoms with Gasteiger partial charge in [-0.25, -0.2) is 0 Å². The average molecular weight is 220 g/mol. The Morgan fingerprint density at radius 2 is 1.81 bits per heavy atom. The Morgan fingerprint density at radius 1 is 1.19 bits per heavy atom. The third-order valence-electron chi connectivity index (χ3n) is 2.42. The Hall–Kier alpha value is -0.860. The van der Waals surface area contributed by atoms with Gasteiger partial charge in [-0.05, 0) is 23.6 Å². The summed E-state index contributed by atoms with van der Waals surface area (Å²) in [6, 6.07) is 8.52. The molecule has 0 heterocycles. The van der Waals surface area contributed by atoms with Gasteiger partial charge >= 0.3 is 0 Å². The first kappa shape index (κ1) is 13.2. The predicted molar refractivity (Wildman–Crippen MR) is 70.1 cm³/mol. The second-order valence-electron chi connectivity index (χ2n) is 5.76. The van der Waals surface area contributed by atoms with Crippen LogP contribution in [-0.2, 0) is 13.1 Å². The van der Waals surface area contributed by atoms with Crippen LogP contribution in [-0.4, -0.2) is 18.5 Å². The van der Waals surface area contributed by atoms with Crippen LogP contribution in [0, 0.1) is 5.41 Å². The van der Waals surface area contributed by atoms with Gasteiger partial charge in [0.15, 0.2) is 0 Å². The second kappa shape index (κ2) is 5.46. The van der Waals surface area contributed by atoms with Crippen molar-refractivity contribution in [1.82, 2.24) is 4.90 Å². The normalized spacial score (nSPS) is 12.1. The van der Waals surface area contributed by atoms with E-state index in [0.29, 0.717) is 12.0 Å². The van der Waals surface area contributed by atoms with Crippen LogP contribution in [0.15, 0.2) is 24.3 Å². The number of benzene rings is 1. The summed E-state index contributed by atoms with van der Waals surface area (Å²) in [5, 5.41) is 0. The van der Waals surface area contributed by atoms with Crippen molar-refractivity contribution in [2.45, 2.75) is 33.9 Å². The molecule has 0 atom stereocenters. The molecule has 0 amide bonds. The summed E-state index contributed by atoms with van der Waals surface area (Å²) >= 11 is 0. The highest BCUT2D eigenvalue weighted by atomic mass is 15.1. The van der Waals surface area contributed by atoms with Gasteiger partial charge in [0, 0.05) is 19.6 Å². The molecule has 0 aliphatic rings. The summed E-state index contributed by atoms with van der Waals surface area (Å²) in [5.41, 5.74) is 8.54. The van der Waals surface area contributed by atoms with Crippen molar-refractivity contribution >= 4 is 0 Å². The second-order valence-corrected chi connectivity index (χ2v) is 5.76. The van der Waals surface area contributed by atoms with Crippen LogP contribution in [0.1, 0.15) is 31.9 Å². The Kier molecular flexibility index (Phi) is 4.51. The zero-order chi connectivity index (χ0) is 12.2. The maximum atomic E-state index is 5.64. The highest BCUT2D eigenvalue weighted by Gasteiger charge is 2.13. The van der Waals surface area contributed by atoms with E-state index in [-0.39, 0.29) is 0 Å². The molecule has 0 spiro atoms. The molecule has 0 bridgehead atoms. The fourth-order valence-corrected chi connectivity index (χ4v) is 2.03. The molecule has 1 rings (SSSR count). The lowest BCUT2D eigenvalue weighted by atomic mass is 9.96. The molecule has 2 nitrogen and oxygen atoms in total. The largest absolute Gasteiger partial charge is 0.326 e. The van der Waals surface area contributed by atoms with Crippen molar-refractivity contribution in [3.05, 3.63) is 35.4 Å². The molecule has 1 aromatic carbocycles. The fraction of sp³-hybridized carbons (Fsp3) is 0.571. The van der Waals surface area contributed by atoms with Gasteiger partial charge in [0.1, 0.15) is 0 Å². The molecule has 0 saturated heterocycles. The van der Waals surface area contributed by atoms with E-state index in [1.165, 1.54) is 11.1 Å². The summed E-state index contributed by atoms with van der Waals surface area (Å²) in [4.78, 5) is 2.36. The monoisotopic (exact) mass is 220 g/mol. The van der Waals surface area contributed by atoms with Crippen LogP contribution in [0.4, 0.5) is 0 Å². The van der Waals surface area contributed by atoms with Crippen LogP contribution in [0.3, 0.4) is 0 Å². The highest BCUT2D eigenvalue weighted by molar-refractivity contribution is 5.23. The van der Waals surface area contributed by atoms with Crippen LogP contribution >= 0.6 is 0 Å². The zero-order valence-electron chi connectivity index (χ0n) is 11.0. The van der Waals surface area contributed by atoms with Gasteiger partial charge in [-0.2, -0.15) is 0 Å². The Labute approximate surface area is 99.5 Å². The van der Waals surface area contributed by atoms with Crippen molar-refractivity contribution in [2.75, 3.05) is 13.6 Å². The van der Waals surface area contributed by atoms with Crippen LogP contribution < -0.4 is 5.73 Å². The Morgan fingerprint density at radius 3 is 2.38 bits per heavy atom. The standard InChI is InChI=1S/C14H24N2/c1-14(2,3)11-16(4)10-13-7-5-6-12(8-13)9-15/h5-8H,9-11,15H2,1-4H3. The zero-order valence-corrected chi connectivity index (χ0v) is 11.0. The fourth-order valence-electron chi connectivity index (χ4n) is 2.03. The van der Waals surface area contributed by atoms with Gasteiger partial charge in [0.05, 0.1) is 0 Å². The van der Waals surface area contributed by atoms with E-state index in [9.17, 15) is 0 Å². The van der Waals surface area contributed by atoms with Gasteiger partial charge in [-0.15, -0.1) is 0 Å². The predicted octanol–water partition coefficient (Wildman–Crippen LogP) is 2.62. The first-order chi connectivity index (χ1) is 7.40. The minimum absolute atomic E-state index is 0.347. The third-order valence-corrected chi connectivity index (χ3v) is 2.42. The summed E-state index contributed by atoms with van der Waals surface area (Å²) in [6.45, 7) is 9.50. The maximum absolute atomic E-state index is 5.64. The van der Waals surface area contributed by atoms with Gasteiger partial charge in [0.2, 0.25) is 0 Å². The van der Waals surface area contributed by atoms with E-state index in [1.54, 1.807) is 0 Å². The van der Waals surface area contributed by atoms with Gasteiger partial charge < -0.3 is 10.6 Å². The van der Waals surface area contributed by atoms with E-state index >= 15 is 0 Å². The first-order valence-electron chi connectivity index (χ1n) is 5.87. The number of rotatable bonds is 4. The van der Waals surface area contributed by atoms with E-state index in [4.69, 9.17) is 5.73 Å². The molecule has 90 valence electrons. The third kappa shape index (κ3) is 4.77. The molecule has 0 aromatic heterocycles.